The van der Waals surface area contributed by atoms with Crippen molar-refractivity contribution in [1.29, 1.82) is 0 Å². The van der Waals surface area contributed by atoms with Crippen LogP contribution in [0.15, 0.2) is 40.8 Å². The molecule has 0 unspecified atom stereocenters. The summed E-state index contributed by atoms with van der Waals surface area (Å²) in [6.07, 6.45) is 1.92. The Hall–Kier alpha value is -2.23. The summed E-state index contributed by atoms with van der Waals surface area (Å²) in [5, 5.41) is 8.88. The van der Waals surface area contributed by atoms with Gasteiger partial charge >= 0.3 is 5.97 Å². The van der Waals surface area contributed by atoms with Crippen LogP contribution in [0.1, 0.15) is 21.7 Å². The number of nitrogens with zero attached hydrogens (tertiary/aromatic N) is 1. The topological polar surface area (TPSA) is 53.7 Å². The van der Waals surface area contributed by atoms with Crippen LogP contribution in [0.4, 0.5) is 5.88 Å². The van der Waals surface area contributed by atoms with Gasteiger partial charge in [0.2, 0.25) is 5.76 Å². The molecule has 0 atom stereocenters. The Morgan fingerprint density at radius 2 is 1.68 bits per heavy atom. The van der Waals surface area contributed by atoms with Gasteiger partial charge in [-0.1, -0.05) is 24.3 Å². The van der Waals surface area contributed by atoms with Crippen molar-refractivity contribution in [3.8, 4) is 0 Å². The van der Waals surface area contributed by atoms with E-state index in [0.717, 1.165) is 25.9 Å². The third-order valence-electron chi connectivity index (χ3n) is 3.53. The first kappa shape index (κ1) is 11.8. The number of benzene rings is 1. The lowest BCUT2D eigenvalue weighted by atomic mass is 10.0. The van der Waals surface area contributed by atoms with E-state index >= 15 is 0 Å². The highest BCUT2D eigenvalue weighted by atomic mass is 16.4. The number of carboxylic acid groups (broad SMARTS) is 1. The fourth-order valence-electron chi connectivity index (χ4n) is 2.50. The third-order valence-corrected chi connectivity index (χ3v) is 3.53. The van der Waals surface area contributed by atoms with E-state index < -0.39 is 5.97 Å². The van der Waals surface area contributed by atoms with Gasteiger partial charge in [-0.3, -0.25) is 0 Å². The molecule has 2 heterocycles. The summed E-state index contributed by atoms with van der Waals surface area (Å²) in [5.41, 5.74) is 2.74. The second-order valence-corrected chi connectivity index (χ2v) is 4.70. The van der Waals surface area contributed by atoms with Gasteiger partial charge in [0.05, 0.1) is 0 Å². The van der Waals surface area contributed by atoms with Gasteiger partial charge in [0, 0.05) is 19.2 Å². The molecule has 1 aromatic heterocycles. The molecular formula is C15H15NO3. The van der Waals surface area contributed by atoms with Crippen LogP contribution in [0, 0.1) is 0 Å². The first-order chi connectivity index (χ1) is 9.24. The van der Waals surface area contributed by atoms with Crippen molar-refractivity contribution in [2.24, 2.45) is 0 Å². The zero-order valence-electron chi connectivity index (χ0n) is 10.5. The number of furan rings is 1. The molecule has 0 fully saturated rings. The van der Waals surface area contributed by atoms with Crippen molar-refractivity contribution in [3.63, 3.8) is 0 Å². The molecule has 2 aromatic rings. The van der Waals surface area contributed by atoms with Crippen molar-refractivity contribution in [2.75, 3.05) is 18.0 Å². The summed E-state index contributed by atoms with van der Waals surface area (Å²) in [4.78, 5) is 12.9. The summed E-state index contributed by atoms with van der Waals surface area (Å²) in [6, 6.07) is 11.7. The minimum Gasteiger partial charge on any atom is -0.475 e. The van der Waals surface area contributed by atoms with Gasteiger partial charge < -0.3 is 14.4 Å². The number of aromatic carboxylic acids is 1. The monoisotopic (exact) mass is 257 g/mol. The van der Waals surface area contributed by atoms with Gasteiger partial charge in [-0.2, -0.15) is 0 Å². The molecule has 0 amide bonds. The molecule has 1 N–H and O–H groups in total. The van der Waals surface area contributed by atoms with Crippen molar-refractivity contribution < 1.29 is 14.3 Å². The van der Waals surface area contributed by atoms with E-state index in [-0.39, 0.29) is 5.76 Å². The van der Waals surface area contributed by atoms with E-state index in [4.69, 9.17) is 9.52 Å². The molecule has 1 aromatic carbocycles. The third kappa shape index (κ3) is 2.34. The minimum atomic E-state index is -1.02. The standard InChI is InChI=1S/C15H15NO3/c17-15(18)13-5-6-14(19-13)16-9-7-11-3-1-2-4-12(11)8-10-16/h1-6H,7-10H2,(H,17,18). The minimum absolute atomic E-state index is 0.00300. The van der Waals surface area contributed by atoms with E-state index in [9.17, 15) is 4.79 Å². The molecule has 1 aliphatic heterocycles. The molecule has 98 valence electrons. The van der Waals surface area contributed by atoms with Crippen LogP contribution < -0.4 is 4.90 Å². The molecule has 1 aliphatic rings. The highest BCUT2D eigenvalue weighted by Crippen LogP contribution is 2.23. The smallest absolute Gasteiger partial charge is 0.371 e. The predicted molar refractivity (Wildman–Crippen MR) is 71.7 cm³/mol. The van der Waals surface area contributed by atoms with Gasteiger partial charge in [-0.15, -0.1) is 0 Å². The largest absolute Gasteiger partial charge is 0.475 e. The van der Waals surface area contributed by atoms with Gasteiger partial charge in [-0.25, -0.2) is 4.79 Å². The Morgan fingerprint density at radius 1 is 1.05 bits per heavy atom. The first-order valence-corrected chi connectivity index (χ1v) is 6.39. The molecule has 0 bridgehead atoms. The SMILES string of the molecule is O=C(O)c1ccc(N2CCc3ccccc3CC2)o1. The van der Waals surface area contributed by atoms with Crippen LogP contribution in [0.25, 0.3) is 0 Å². The number of rotatable bonds is 2. The molecule has 0 radical (unpaired) electrons. The number of carboxylic acids is 1. The molecule has 4 heteroatoms. The zero-order valence-corrected chi connectivity index (χ0v) is 10.5. The molecular weight excluding hydrogens is 242 g/mol. The quantitative estimate of drug-likeness (QED) is 0.898. The Balaban J connectivity index is 1.79. The summed E-state index contributed by atoms with van der Waals surface area (Å²) in [7, 11) is 0. The van der Waals surface area contributed by atoms with Crippen molar-refractivity contribution >= 4 is 11.9 Å². The second kappa shape index (κ2) is 4.80. The molecule has 0 saturated heterocycles. The fraction of sp³-hybridized carbons (Fsp3) is 0.267. The highest BCUT2D eigenvalue weighted by Gasteiger charge is 2.18. The Labute approximate surface area is 111 Å². The predicted octanol–water partition coefficient (Wildman–Crippen LogP) is 2.58. The van der Waals surface area contributed by atoms with Crippen LogP contribution in [-0.4, -0.2) is 24.2 Å². The number of hydrogen-bond acceptors (Lipinski definition) is 3. The summed E-state index contributed by atoms with van der Waals surface area (Å²) in [6.45, 7) is 1.70. The highest BCUT2D eigenvalue weighted by molar-refractivity contribution is 5.84. The van der Waals surface area contributed by atoms with Crippen molar-refractivity contribution in [1.82, 2.24) is 0 Å². The molecule has 0 spiro atoms. The summed E-state index contributed by atoms with van der Waals surface area (Å²) in [5.74, 6) is -0.383. The number of carbonyl (C=O) groups is 1. The lowest BCUT2D eigenvalue weighted by Gasteiger charge is -2.18. The van der Waals surface area contributed by atoms with Gasteiger partial charge in [0.15, 0.2) is 5.88 Å². The van der Waals surface area contributed by atoms with Gasteiger partial charge in [0.25, 0.3) is 0 Å². The molecule has 4 nitrogen and oxygen atoms in total. The Bertz CT molecular complexity index is 576. The maximum Gasteiger partial charge on any atom is 0.371 e. The van der Waals surface area contributed by atoms with Crippen LogP contribution >= 0.6 is 0 Å². The Morgan fingerprint density at radius 3 is 2.21 bits per heavy atom. The first-order valence-electron chi connectivity index (χ1n) is 6.39. The maximum absolute atomic E-state index is 10.8. The van der Waals surface area contributed by atoms with E-state index in [1.807, 2.05) is 0 Å². The normalized spacial score (nSPS) is 14.8. The number of hydrogen-bond donors (Lipinski definition) is 1. The summed E-state index contributed by atoms with van der Waals surface area (Å²) < 4.78 is 5.37. The van der Waals surface area contributed by atoms with E-state index in [0.29, 0.717) is 5.88 Å². The molecule has 3 rings (SSSR count). The van der Waals surface area contributed by atoms with Crippen molar-refractivity contribution in [2.45, 2.75) is 12.8 Å². The molecule has 0 saturated carbocycles. The second-order valence-electron chi connectivity index (χ2n) is 4.70. The van der Waals surface area contributed by atoms with Gasteiger partial charge in [-0.05, 0) is 30.0 Å². The van der Waals surface area contributed by atoms with Crippen molar-refractivity contribution in [3.05, 3.63) is 53.3 Å². The maximum atomic E-state index is 10.8. The lowest BCUT2D eigenvalue weighted by Crippen LogP contribution is -2.25. The van der Waals surface area contributed by atoms with Crippen LogP contribution in [-0.2, 0) is 12.8 Å². The lowest BCUT2D eigenvalue weighted by molar-refractivity contribution is 0.0663. The van der Waals surface area contributed by atoms with E-state index in [2.05, 4.69) is 29.2 Å². The number of anilines is 1. The fourth-order valence-corrected chi connectivity index (χ4v) is 2.50. The van der Waals surface area contributed by atoms with Crippen LogP contribution in [0.5, 0.6) is 0 Å². The van der Waals surface area contributed by atoms with Crippen LogP contribution in [0.3, 0.4) is 0 Å². The molecule has 19 heavy (non-hydrogen) atoms. The van der Waals surface area contributed by atoms with E-state index in [1.165, 1.54) is 17.2 Å². The molecule has 0 aliphatic carbocycles. The average molecular weight is 257 g/mol. The Kier molecular flexibility index (Phi) is 2.99. The average Bonchev–Trinajstić information content (AvgIpc) is 2.80. The van der Waals surface area contributed by atoms with Crippen LogP contribution in [0.2, 0.25) is 0 Å². The van der Waals surface area contributed by atoms with E-state index in [1.54, 1.807) is 6.07 Å². The number of fused-ring (bicyclic) bond motifs is 1. The summed E-state index contributed by atoms with van der Waals surface area (Å²) >= 11 is 0. The zero-order chi connectivity index (χ0) is 13.2. The van der Waals surface area contributed by atoms with Gasteiger partial charge in [0.1, 0.15) is 0 Å².